The number of carbonyl (C=O) groups is 2. The second-order valence-corrected chi connectivity index (χ2v) is 6.38. The lowest BCUT2D eigenvalue weighted by Gasteiger charge is -2.36. The molecular formula is C17H24FN3O5. The van der Waals surface area contributed by atoms with E-state index >= 15 is 0 Å². The van der Waals surface area contributed by atoms with Gasteiger partial charge in [0.1, 0.15) is 11.4 Å². The number of hydrogen-bond acceptors (Lipinski definition) is 6. The lowest BCUT2D eigenvalue weighted by atomic mass is 10.0. The van der Waals surface area contributed by atoms with Crippen LogP contribution in [0.1, 0.15) is 12.0 Å². The van der Waals surface area contributed by atoms with Crippen LogP contribution in [0.15, 0.2) is 24.3 Å². The summed E-state index contributed by atoms with van der Waals surface area (Å²) in [5, 5.41) is 32.9. The number of rotatable bonds is 8. The molecule has 1 atom stereocenters. The summed E-state index contributed by atoms with van der Waals surface area (Å²) < 4.78 is 13.9. The molecule has 0 aromatic heterocycles. The maximum atomic E-state index is 13.9. The van der Waals surface area contributed by atoms with E-state index in [-0.39, 0.29) is 24.7 Å². The normalized spacial score (nSPS) is 18.5. The molecule has 0 radical (unpaired) electrons. The molecule has 9 heteroatoms. The zero-order chi connectivity index (χ0) is 19.2. The number of amides is 2. The number of nitrogens with one attached hydrogen (secondary N) is 2. The molecule has 0 spiro atoms. The van der Waals surface area contributed by atoms with Crippen molar-refractivity contribution in [1.82, 2.24) is 15.5 Å². The molecule has 5 N–H and O–H groups in total. The standard InChI is InChI=1S/C17H24FN3O5/c18-13-4-2-1-3-12(13)8-21-6-5-19-16(26)14(21)7-15(25)20-17(9-22,10-23)11-24/h1-4,14,22-24H,5-11H2,(H,19,26)(H,20,25). The summed E-state index contributed by atoms with van der Waals surface area (Å²) in [5.41, 5.74) is -1.14. The Morgan fingerprint density at radius 1 is 1.27 bits per heavy atom. The van der Waals surface area contributed by atoms with Gasteiger partial charge in [-0.1, -0.05) is 18.2 Å². The van der Waals surface area contributed by atoms with E-state index in [1.54, 1.807) is 23.1 Å². The fourth-order valence-electron chi connectivity index (χ4n) is 2.81. The molecule has 26 heavy (non-hydrogen) atoms. The van der Waals surface area contributed by atoms with Crippen molar-refractivity contribution >= 4 is 11.8 Å². The van der Waals surface area contributed by atoms with Gasteiger partial charge in [-0.25, -0.2) is 4.39 Å². The van der Waals surface area contributed by atoms with E-state index in [2.05, 4.69) is 10.6 Å². The van der Waals surface area contributed by atoms with Gasteiger partial charge >= 0.3 is 0 Å². The van der Waals surface area contributed by atoms with E-state index in [4.69, 9.17) is 0 Å². The van der Waals surface area contributed by atoms with Crippen molar-refractivity contribution in [2.75, 3.05) is 32.9 Å². The SMILES string of the molecule is O=C(CC1C(=O)NCCN1Cc1ccccc1F)NC(CO)(CO)CO. The average molecular weight is 369 g/mol. The fourth-order valence-corrected chi connectivity index (χ4v) is 2.81. The molecule has 0 saturated carbocycles. The van der Waals surface area contributed by atoms with Gasteiger partial charge in [0, 0.05) is 25.2 Å². The van der Waals surface area contributed by atoms with Crippen molar-refractivity contribution in [2.45, 2.75) is 24.5 Å². The van der Waals surface area contributed by atoms with Crippen LogP contribution >= 0.6 is 0 Å². The van der Waals surface area contributed by atoms with Crippen LogP contribution in [0.2, 0.25) is 0 Å². The molecule has 8 nitrogen and oxygen atoms in total. The summed E-state index contributed by atoms with van der Waals surface area (Å²) in [4.78, 5) is 26.2. The number of halogens is 1. The van der Waals surface area contributed by atoms with Gasteiger partial charge in [-0.3, -0.25) is 14.5 Å². The first-order valence-corrected chi connectivity index (χ1v) is 8.33. The average Bonchev–Trinajstić information content (AvgIpc) is 2.64. The molecule has 0 aliphatic carbocycles. The summed E-state index contributed by atoms with van der Waals surface area (Å²) in [6, 6.07) is 5.40. The number of aliphatic hydroxyl groups is 3. The summed E-state index contributed by atoms with van der Waals surface area (Å²) in [7, 11) is 0. The number of piperazine rings is 1. The van der Waals surface area contributed by atoms with E-state index in [0.29, 0.717) is 18.7 Å². The first kappa shape index (κ1) is 20.2. The molecule has 1 aromatic carbocycles. The zero-order valence-corrected chi connectivity index (χ0v) is 14.3. The smallest absolute Gasteiger partial charge is 0.237 e. The van der Waals surface area contributed by atoms with Gasteiger partial charge in [-0.15, -0.1) is 0 Å². The highest BCUT2D eigenvalue weighted by atomic mass is 19.1. The van der Waals surface area contributed by atoms with E-state index < -0.39 is 37.3 Å². The molecule has 1 aliphatic heterocycles. The molecule has 1 aliphatic rings. The van der Waals surface area contributed by atoms with Crippen LogP contribution in [0, 0.1) is 5.82 Å². The van der Waals surface area contributed by atoms with Crippen LogP contribution in [0.3, 0.4) is 0 Å². The van der Waals surface area contributed by atoms with Gasteiger partial charge in [-0.05, 0) is 6.07 Å². The topological polar surface area (TPSA) is 122 Å². The highest BCUT2D eigenvalue weighted by Crippen LogP contribution is 2.16. The first-order valence-electron chi connectivity index (χ1n) is 8.33. The van der Waals surface area contributed by atoms with Crippen molar-refractivity contribution in [2.24, 2.45) is 0 Å². The molecule has 1 heterocycles. The third-order valence-corrected chi connectivity index (χ3v) is 4.46. The monoisotopic (exact) mass is 369 g/mol. The lowest BCUT2D eigenvalue weighted by Crippen LogP contribution is -2.60. The third-order valence-electron chi connectivity index (χ3n) is 4.46. The van der Waals surface area contributed by atoms with Crippen molar-refractivity contribution in [3.05, 3.63) is 35.6 Å². The maximum absolute atomic E-state index is 13.9. The number of aliphatic hydroxyl groups excluding tert-OH is 3. The minimum absolute atomic E-state index is 0.170. The van der Waals surface area contributed by atoms with Crippen LogP contribution < -0.4 is 10.6 Å². The summed E-state index contributed by atoms with van der Waals surface area (Å²) in [6.07, 6.45) is -0.248. The van der Waals surface area contributed by atoms with Crippen LogP contribution in [-0.2, 0) is 16.1 Å². The van der Waals surface area contributed by atoms with Crippen molar-refractivity contribution in [3.8, 4) is 0 Å². The Hall–Kier alpha value is -2.07. The molecular weight excluding hydrogens is 345 g/mol. The van der Waals surface area contributed by atoms with Gasteiger partial charge in [0.05, 0.1) is 32.3 Å². The summed E-state index contributed by atoms with van der Waals surface area (Å²) >= 11 is 0. The van der Waals surface area contributed by atoms with E-state index in [1.807, 2.05) is 0 Å². The molecule has 1 fully saturated rings. The number of carbonyl (C=O) groups excluding carboxylic acids is 2. The molecule has 1 unspecified atom stereocenters. The predicted molar refractivity (Wildman–Crippen MR) is 90.4 cm³/mol. The highest BCUT2D eigenvalue weighted by Gasteiger charge is 2.35. The molecule has 2 amide bonds. The Morgan fingerprint density at radius 2 is 1.92 bits per heavy atom. The Morgan fingerprint density at radius 3 is 2.54 bits per heavy atom. The minimum atomic E-state index is -1.56. The largest absolute Gasteiger partial charge is 0.394 e. The van der Waals surface area contributed by atoms with Gasteiger partial charge in [0.15, 0.2) is 0 Å². The summed E-state index contributed by atoms with van der Waals surface area (Å²) in [5.74, 6) is -1.35. The third kappa shape index (κ3) is 4.76. The first-order chi connectivity index (χ1) is 12.4. The fraction of sp³-hybridized carbons (Fsp3) is 0.529. The van der Waals surface area contributed by atoms with Crippen molar-refractivity contribution in [1.29, 1.82) is 0 Å². The Labute approximate surface area is 150 Å². The van der Waals surface area contributed by atoms with Crippen molar-refractivity contribution in [3.63, 3.8) is 0 Å². The van der Waals surface area contributed by atoms with Gasteiger partial charge in [0.25, 0.3) is 0 Å². The Balaban J connectivity index is 2.09. The number of nitrogens with zero attached hydrogens (tertiary/aromatic N) is 1. The van der Waals surface area contributed by atoms with E-state index in [1.165, 1.54) is 6.07 Å². The van der Waals surface area contributed by atoms with Crippen LogP contribution in [0.4, 0.5) is 4.39 Å². The molecule has 144 valence electrons. The van der Waals surface area contributed by atoms with E-state index in [0.717, 1.165) is 0 Å². The molecule has 1 aromatic rings. The minimum Gasteiger partial charge on any atom is -0.394 e. The molecule has 0 bridgehead atoms. The van der Waals surface area contributed by atoms with Crippen molar-refractivity contribution < 1.29 is 29.3 Å². The molecule has 1 saturated heterocycles. The van der Waals surface area contributed by atoms with Crippen LogP contribution in [0.25, 0.3) is 0 Å². The quantitative estimate of drug-likeness (QED) is 0.374. The predicted octanol–water partition coefficient (Wildman–Crippen LogP) is -1.65. The van der Waals surface area contributed by atoms with Crippen LogP contribution in [0.5, 0.6) is 0 Å². The second-order valence-electron chi connectivity index (χ2n) is 6.38. The number of hydrogen-bond donors (Lipinski definition) is 5. The van der Waals surface area contributed by atoms with Gasteiger partial charge in [0.2, 0.25) is 11.8 Å². The maximum Gasteiger partial charge on any atom is 0.237 e. The van der Waals surface area contributed by atoms with Gasteiger partial charge < -0.3 is 26.0 Å². The zero-order valence-electron chi connectivity index (χ0n) is 14.3. The number of benzene rings is 1. The Kier molecular flexibility index (Phi) is 7.04. The second kappa shape index (κ2) is 9.04. The lowest BCUT2D eigenvalue weighted by molar-refractivity contribution is -0.135. The van der Waals surface area contributed by atoms with Gasteiger partial charge in [-0.2, -0.15) is 0 Å². The summed E-state index contributed by atoms with van der Waals surface area (Å²) in [6.45, 7) is -0.948. The van der Waals surface area contributed by atoms with E-state index in [9.17, 15) is 29.3 Å². The van der Waals surface area contributed by atoms with Crippen LogP contribution in [-0.4, -0.2) is 76.5 Å². The highest BCUT2D eigenvalue weighted by molar-refractivity contribution is 5.89. The molecule has 2 rings (SSSR count). The Bertz CT molecular complexity index is 630.